The van der Waals surface area contributed by atoms with Crippen molar-refractivity contribution in [3.8, 4) is 5.75 Å². The molecular formula is C20H30BrN3O3. The molecule has 0 aliphatic heterocycles. The Hall–Kier alpha value is -1.76. The van der Waals surface area contributed by atoms with Crippen molar-refractivity contribution in [1.29, 1.82) is 0 Å². The average Bonchev–Trinajstić information content (AvgIpc) is 2.66. The Morgan fingerprint density at radius 2 is 2.00 bits per heavy atom. The van der Waals surface area contributed by atoms with Crippen molar-refractivity contribution in [2.45, 2.75) is 57.5 Å². The van der Waals surface area contributed by atoms with E-state index >= 15 is 0 Å². The largest absolute Gasteiger partial charge is 0.496 e. The van der Waals surface area contributed by atoms with Crippen LogP contribution >= 0.6 is 15.9 Å². The highest BCUT2D eigenvalue weighted by molar-refractivity contribution is 9.10. The molecule has 0 unspecified atom stereocenters. The fourth-order valence-electron chi connectivity index (χ4n) is 3.33. The highest BCUT2D eigenvalue weighted by Gasteiger charge is 2.16. The van der Waals surface area contributed by atoms with Gasteiger partial charge < -0.3 is 20.3 Å². The average molecular weight is 440 g/mol. The zero-order valence-corrected chi connectivity index (χ0v) is 17.8. The lowest BCUT2D eigenvalue weighted by Crippen LogP contribution is -2.43. The predicted octanol–water partition coefficient (Wildman–Crippen LogP) is 3.83. The highest BCUT2D eigenvalue weighted by atomic mass is 79.9. The second-order valence-electron chi connectivity index (χ2n) is 7.04. The summed E-state index contributed by atoms with van der Waals surface area (Å²) in [5, 5.41) is 5.87. The zero-order valence-electron chi connectivity index (χ0n) is 16.2. The Bertz CT molecular complexity index is 633. The minimum Gasteiger partial charge on any atom is -0.496 e. The molecule has 6 nitrogen and oxygen atoms in total. The SMILES string of the molecule is COc1ccc(Br)cc1CN(C)C(=O)CCCNC(=O)NC1CCCCC1. The van der Waals surface area contributed by atoms with E-state index in [0.717, 1.165) is 28.6 Å². The van der Waals surface area contributed by atoms with Crippen molar-refractivity contribution in [2.75, 3.05) is 20.7 Å². The minimum absolute atomic E-state index is 0.0477. The molecule has 0 heterocycles. The first-order chi connectivity index (χ1) is 13.0. The number of carbonyl (C=O) groups excluding carboxylic acids is 2. The van der Waals surface area contributed by atoms with E-state index < -0.39 is 0 Å². The van der Waals surface area contributed by atoms with E-state index in [-0.39, 0.29) is 11.9 Å². The Balaban J connectivity index is 1.67. The van der Waals surface area contributed by atoms with Crippen LogP contribution in [0.15, 0.2) is 22.7 Å². The van der Waals surface area contributed by atoms with Crippen LogP contribution in [-0.4, -0.2) is 43.6 Å². The number of ether oxygens (including phenoxy) is 1. The van der Waals surface area contributed by atoms with Gasteiger partial charge in [0.2, 0.25) is 5.91 Å². The van der Waals surface area contributed by atoms with E-state index in [1.54, 1.807) is 19.1 Å². The summed E-state index contributed by atoms with van der Waals surface area (Å²) >= 11 is 3.45. The van der Waals surface area contributed by atoms with Crippen molar-refractivity contribution >= 4 is 27.9 Å². The van der Waals surface area contributed by atoms with Crippen LogP contribution in [0.4, 0.5) is 4.79 Å². The van der Waals surface area contributed by atoms with Crippen molar-refractivity contribution in [2.24, 2.45) is 0 Å². The molecule has 0 radical (unpaired) electrons. The molecule has 0 atom stereocenters. The molecule has 0 saturated heterocycles. The van der Waals surface area contributed by atoms with Crippen molar-refractivity contribution in [1.82, 2.24) is 15.5 Å². The fourth-order valence-corrected chi connectivity index (χ4v) is 3.74. The third-order valence-corrected chi connectivity index (χ3v) is 5.36. The van der Waals surface area contributed by atoms with Crippen LogP contribution in [0, 0.1) is 0 Å². The second-order valence-corrected chi connectivity index (χ2v) is 7.96. The summed E-state index contributed by atoms with van der Waals surface area (Å²) in [6.07, 6.45) is 6.79. The van der Waals surface area contributed by atoms with Crippen molar-refractivity contribution < 1.29 is 14.3 Å². The van der Waals surface area contributed by atoms with Crippen LogP contribution in [0.5, 0.6) is 5.75 Å². The molecule has 1 aromatic carbocycles. The van der Waals surface area contributed by atoms with E-state index in [1.165, 1.54) is 19.3 Å². The first-order valence-corrected chi connectivity index (χ1v) is 10.4. The molecule has 0 bridgehead atoms. The molecule has 2 N–H and O–H groups in total. The number of urea groups is 1. The van der Waals surface area contributed by atoms with Gasteiger partial charge in [0.15, 0.2) is 0 Å². The molecule has 1 aliphatic carbocycles. The van der Waals surface area contributed by atoms with Gasteiger partial charge in [-0.3, -0.25) is 4.79 Å². The summed E-state index contributed by atoms with van der Waals surface area (Å²) in [6, 6.07) is 5.92. The summed E-state index contributed by atoms with van der Waals surface area (Å²) in [6.45, 7) is 0.982. The molecule has 0 aromatic heterocycles. The molecule has 3 amide bonds. The van der Waals surface area contributed by atoms with Crippen molar-refractivity contribution in [3.05, 3.63) is 28.2 Å². The quantitative estimate of drug-likeness (QED) is 0.604. The normalized spacial score (nSPS) is 14.5. The molecule has 150 valence electrons. The summed E-state index contributed by atoms with van der Waals surface area (Å²) in [4.78, 5) is 25.9. The van der Waals surface area contributed by atoms with E-state index in [1.807, 2.05) is 18.2 Å². The number of nitrogens with zero attached hydrogens (tertiary/aromatic N) is 1. The third kappa shape index (κ3) is 7.40. The molecule has 1 aliphatic rings. The Kier molecular flexibility index (Phi) is 8.91. The van der Waals surface area contributed by atoms with Gasteiger partial charge in [-0.05, 0) is 37.5 Å². The lowest BCUT2D eigenvalue weighted by atomic mass is 9.96. The smallest absolute Gasteiger partial charge is 0.315 e. The number of hydrogen-bond donors (Lipinski definition) is 2. The van der Waals surface area contributed by atoms with Gasteiger partial charge in [-0.2, -0.15) is 0 Å². The Labute approximate surface area is 170 Å². The molecule has 1 aromatic rings. The first-order valence-electron chi connectivity index (χ1n) is 9.60. The molecule has 2 rings (SSSR count). The fraction of sp³-hybridized carbons (Fsp3) is 0.600. The van der Waals surface area contributed by atoms with E-state index in [0.29, 0.717) is 32.0 Å². The highest BCUT2D eigenvalue weighted by Crippen LogP contribution is 2.24. The van der Waals surface area contributed by atoms with Gasteiger partial charge in [-0.15, -0.1) is 0 Å². The monoisotopic (exact) mass is 439 g/mol. The van der Waals surface area contributed by atoms with Crippen LogP contribution < -0.4 is 15.4 Å². The van der Waals surface area contributed by atoms with Crippen molar-refractivity contribution in [3.63, 3.8) is 0 Å². The summed E-state index contributed by atoms with van der Waals surface area (Å²) in [7, 11) is 3.41. The number of halogens is 1. The number of rotatable bonds is 8. The van der Waals surface area contributed by atoms with E-state index in [9.17, 15) is 9.59 Å². The summed E-state index contributed by atoms with van der Waals surface area (Å²) < 4.78 is 6.31. The summed E-state index contributed by atoms with van der Waals surface area (Å²) in [5.74, 6) is 0.811. The second kappa shape index (κ2) is 11.2. The molecule has 1 fully saturated rings. The molecule has 1 saturated carbocycles. The van der Waals surface area contributed by atoms with Crippen LogP contribution in [0.2, 0.25) is 0 Å². The number of carbonyl (C=O) groups is 2. The van der Waals surface area contributed by atoms with E-state index in [4.69, 9.17) is 4.74 Å². The van der Waals surface area contributed by atoms with Gasteiger partial charge in [-0.1, -0.05) is 35.2 Å². The van der Waals surface area contributed by atoms with Gasteiger partial charge in [0.25, 0.3) is 0 Å². The molecular weight excluding hydrogens is 410 g/mol. The van der Waals surface area contributed by atoms with Gasteiger partial charge in [-0.25, -0.2) is 4.79 Å². The minimum atomic E-state index is -0.124. The van der Waals surface area contributed by atoms with E-state index in [2.05, 4.69) is 26.6 Å². The third-order valence-electron chi connectivity index (χ3n) is 4.87. The number of amides is 3. The molecule has 7 heteroatoms. The van der Waals surface area contributed by atoms with Gasteiger partial charge in [0.1, 0.15) is 5.75 Å². The van der Waals surface area contributed by atoms with Crippen LogP contribution in [0.25, 0.3) is 0 Å². The maximum absolute atomic E-state index is 12.3. The lowest BCUT2D eigenvalue weighted by molar-refractivity contribution is -0.130. The Morgan fingerprint density at radius 1 is 1.26 bits per heavy atom. The van der Waals surface area contributed by atoms with Gasteiger partial charge >= 0.3 is 6.03 Å². The van der Waals surface area contributed by atoms with Crippen LogP contribution in [0.1, 0.15) is 50.5 Å². The zero-order chi connectivity index (χ0) is 19.6. The number of benzene rings is 1. The molecule has 0 spiro atoms. The topological polar surface area (TPSA) is 70.7 Å². The van der Waals surface area contributed by atoms with Crippen LogP contribution in [0.3, 0.4) is 0 Å². The Morgan fingerprint density at radius 3 is 2.70 bits per heavy atom. The maximum Gasteiger partial charge on any atom is 0.315 e. The maximum atomic E-state index is 12.3. The molecule has 27 heavy (non-hydrogen) atoms. The number of methoxy groups -OCH3 is 1. The van der Waals surface area contributed by atoms with Gasteiger partial charge in [0.05, 0.1) is 7.11 Å². The number of nitrogens with one attached hydrogen (secondary N) is 2. The first kappa shape index (κ1) is 21.5. The lowest BCUT2D eigenvalue weighted by Gasteiger charge is -2.23. The predicted molar refractivity (Wildman–Crippen MR) is 110 cm³/mol. The van der Waals surface area contributed by atoms with Gasteiger partial charge in [0, 0.05) is 42.6 Å². The standard InChI is InChI=1S/C20H30BrN3O3/c1-24(14-15-13-16(21)10-11-18(15)27-2)19(25)9-6-12-22-20(26)23-17-7-4-3-5-8-17/h10-11,13,17H,3-9,12,14H2,1-2H3,(H2,22,23,26). The number of hydrogen-bond acceptors (Lipinski definition) is 3. The van der Waals surface area contributed by atoms with Crippen LogP contribution in [-0.2, 0) is 11.3 Å². The summed E-state index contributed by atoms with van der Waals surface area (Å²) in [5.41, 5.74) is 0.952.